The Bertz CT molecular complexity index is 1380. The number of aliphatic hydroxyl groups is 1. The Kier molecular flexibility index (Phi) is 7.36. The number of cyclic esters (lactones) is 1. The van der Waals surface area contributed by atoms with E-state index in [2.05, 4.69) is 15.1 Å². The van der Waals surface area contributed by atoms with Crippen molar-refractivity contribution in [2.45, 2.75) is 84.2 Å². The van der Waals surface area contributed by atoms with E-state index in [1.165, 1.54) is 6.07 Å². The van der Waals surface area contributed by atoms with Gasteiger partial charge in [0.2, 0.25) is 0 Å². The van der Waals surface area contributed by atoms with E-state index in [0.29, 0.717) is 31.1 Å². The standard InChI is InChI=1S/C29H35FN4O4/c1-4-37-25-11-10-20(15-23(25)30)12-13-29(21-8-6-5-7-9-21)17-24(35)22(27(36)38-29)16-26-32-28-31-18(2)14-19(3)34(28)33-26/h10-11,14-15,21,35H,4-9,12-13,16-17H2,1-3H3. The molecule has 1 aliphatic heterocycles. The summed E-state index contributed by atoms with van der Waals surface area (Å²) in [4.78, 5) is 22.3. The van der Waals surface area contributed by atoms with Gasteiger partial charge in [0.15, 0.2) is 17.4 Å². The van der Waals surface area contributed by atoms with E-state index in [0.717, 1.165) is 49.1 Å². The quantitative estimate of drug-likeness (QED) is 0.388. The van der Waals surface area contributed by atoms with Gasteiger partial charge in [-0.1, -0.05) is 25.3 Å². The molecule has 5 rings (SSSR count). The third-order valence-corrected chi connectivity index (χ3v) is 7.84. The lowest BCUT2D eigenvalue weighted by molar-refractivity contribution is -0.169. The summed E-state index contributed by atoms with van der Waals surface area (Å²) in [6, 6.07) is 6.88. The van der Waals surface area contributed by atoms with Crippen LogP contribution in [-0.2, 0) is 22.4 Å². The summed E-state index contributed by atoms with van der Waals surface area (Å²) in [6.07, 6.45) is 6.49. The van der Waals surface area contributed by atoms with Gasteiger partial charge in [-0.25, -0.2) is 18.7 Å². The molecule has 1 aromatic carbocycles. The van der Waals surface area contributed by atoms with Gasteiger partial charge in [-0.05, 0) is 76.1 Å². The fraction of sp³-hybridized carbons (Fsp3) is 0.517. The SMILES string of the molecule is CCOc1ccc(CCC2(C3CCCCC3)CC(O)=C(Cc3nc4nc(C)cc(C)n4n3)C(=O)O2)cc1F. The molecule has 8 nitrogen and oxygen atoms in total. The fourth-order valence-corrected chi connectivity index (χ4v) is 5.93. The molecule has 1 N–H and O–H groups in total. The van der Waals surface area contributed by atoms with Crippen LogP contribution >= 0.6 is 0 Å². The highest BCUT2D eigenvalue weighted by atomic mass is 19.1. The maximum absolute atomic E-state index is 14.5. The molecular weight excluding hydrogens is 487 g/mol. The van der Waals surface area contributed by atoms with E-state index >= 15 is 0 Å². The van der Waals surface area contributed by atoms with Crippen molar-refractivity contribution in [1.82, 2.24) is 19.6 Å². The lowest BCUT2D eigenvalue weighted by Gasteiger charge is -2.44. The first-order valence-corrected chi connectivity index (χ1v) is 13.5. The molecule has 1 atom stereocenters. The molecule has 1 unspecified atom stereocenters. The van der Waals surface area contributed by atoms with Crippen molar-refractivity contribution in [3.8, 4) is 5.75 Å². The van der Waals surface area contributed by atoms with Gasteiger partial charge >= 0.3 is 5.97 Å². The van der Waals surface area contributed by atoms with Gasteiger partial charge in [0.05, 0.1) is 12.2 Å². The van der Waals surface area contributed by atoms with Gasteiger partial charge in [0.1, 0.15) is 11.4 Å². The average molecular weight is 523 g/mol. The van der Waals surface area contributed by atoms with Gasteiger partial charge in [0.25, 0.3) is 5.78 Å². The lowest BCUT2D eigenvalue weighted by Crippen LogP contribution is -2.47. The second-order valence-electron chi connectivity index (χ2n) is 10.5. The zero-order chi connectivity index (χ0) is 26.9. The third kappa shape index (κ3) is 5.24. The molecule has 3 heterocycles. The molecule has 0 bridgehead atoms. The number of nitrogens with zero attached hydrogens (tertiary/aromatic N) is 4. The number of rotatable bonds is 8. The van der Waals surface area contributed by atoms with Crippen LogP contribution in [0.15, 0.2) is 35.6 Å². The minimum absolute atomic E-state index is 0.0319. The molecule has 0 radical (unpaired) electrons. The van der Waals surface area contributed by atoms with Crippen molar-refractivity contribution in [2.24, 2.45) is 5.92 Å². The Morgan fingerprint density at radius 3 is 2.68 bits per heavy atom. The Morgan fingerprint density at radius 2 is 1.97 bits per heavy atom. The number of carbonyl (C=O) groups excluding carboxylic acids is 1. The number of esters is 1. The molecule has 1 fully saturated rings. The lowest BCUT2D eigenvalue weighted by atomic mass is 9.71. The summed E-state index contributed by atoms with van der Waals surface area (Å²) in [7, 11) is 0. The minimum atomic E-state index is -0.832. The first kappa shape index (κ1) is 26.1. The number of benzene rings is 1. The zero-order valence-electron chi connectivity index (χ0n) is 22.3. The van der Waals surface area contributed by atoms with Gasteiger partial charge in [-0.15, -0.1) is 5.10 Å². The first-order chi connectivity index (χ1) is 18.3. The molecule has 38 heavy (non-hydrogen) atoms. The second-order valence-corrected chi connectivity index (χ2v) is 10.5. The Morgan fingerprint density at radius 1 is 1.18 bits per heavy atom. The zero-order valence-corrected chi connectivity index (χ0v) is 22.3. The number of ether oxygens (including phenoxy) is 2. The van der Waals surface area contributed by atoms with Crippen LogP contribution in [-0.4, -0.2) is 42.9 Å². The van der Waals surface area contributed by atoms with Crippen molar-refractivity contribution in [2.75, 3.05) is 6.61 Å². The molecule has 0 amide bonds. The van der Waals surface area contributed by atoms with E-state index in [1.807, 2.05) is 32.9 Å². The molecule has 9 heteroatoms. The maximum atomic E-state index is 14.5. The summed E-state index contributed by atoms with van der Waals surface area (Å²) in [5.74, 6) is 0.330. The molecular formula is C29H35FN4O4. The van der Waals surface area contributed by atoms with E-state index in [-0.39, 0.29) is 35.8 Å². The predicted molar refractivity (Wildman–Crippen MR) is 140 cm³/mol. The van der Waals surface area contributed by atoms with Crippen molar-refractivity contribution < 1.29 is 23.8 Å². The van der Waals surface area contributed by atoms with Crippen LogP contribution in [0, 0.1) is 25.6 Å². The summed E-state index contributed by atoms with van der Waals surface area (Å²) in [5, 5.41) is 15.7. The fourth-order valence-electron chi connectivity index (χ4n) is 5.93. The van der Waals surface area contributed by atoms with Crippen LogP contribution in [0.1, 0.15) is 74.6 Å². The van der Waals surface area contributed by atoms with Crippen LogP contribution in [0.3, 0.4) is 0 Å². The number of aliphatic hydroxyl groups excluding tert-OH is 1. The molecule has 0 spiro atoms. The van der Waals surface area contributed by atoms with Crippen molar-refractivity contribution in [1.29, 1.82) is 0 Å². The Balaban J connectivity index is 1.40. The van der Waals surface area contributed by atoms with Crippen LogP contribution < -0.4 is 4.74 Å². The van der Waals surface area contributed by atoms with Gasteiger partial charge in [-0.3, -0.25) is 0 Å². The van der Waals surface area contributed by atoms with Crippen molar-refractivity contribution in [3.63, 3.8) is 0 Å². The maximum Gasteiger partial charge on any atom is 0.338 e. The average Bonchev–Trinajstić information content (AvgIpc) is 3.30. The van der Waals surface area contributed by atoms with E-state index < -0.39 is 17.4 Å². The number of aromatic nitrogens is 4. The Hall–Kier alpha value is -3.49. The molecule has 0 saturated heterocycles. The largest absolute Gasteiger partial charge is 0.512 e. The van der Waals surface area contributed by atoms with Crippen LogP contribution in [0.2, 0.25) is 0 Å². The number of halogens is 1. The van der Waals surface area contributed by atoms with Crippen molar-refractivity contribution in [3.05, 3.63) is 64.2 Å². The number of fused-ring (bicyclic) bond motifs is 1. The molecule has 2 aromatic heterocycles. The van der Waals surface area contributed by atoms with Gasteiger partial charge in [-0.2, -0.15) is 4.98 Å². The number of carbonyl (C=O) groups is 1. The summed E-state index contributed by atoms with van der Waals surface area (Å²) in [6.45, 7) is 6.02. The normalized spacial score (nSPS) is 20.7. The van der Waals surface area contributed by atoms with E-state index in [9.17, 15) is 14.3 Å². The molecule has 202 valence electrons. The van der Waals surface area contributed by atoms with E-state index in [1.54, 1.807) is 10.6 Å². The molecule has 1 aliphatic carbocycles. The predicted octanol–water partition coefficient (Wildman–Crippen LogP) is 5.53. The smallest absolute Gasteiger partial charge is 0.338 e. The Labute approximate surface area is 221 Å². The topological polar surface area (TPSA) is 98.8 Å². The number of aryl methyl sites for hydroxylation is 3. The van der Waals surface area contributed by atoms with E-state index in [4.69, 9.17) is 9.47 Å². The summed E-state index contributed by atoms with van der Waals surface area (Å²) in [5.41, 5.74) is 1.88. The highest BCUT2D eigenvalue weighted by Gasteiger charge is 2.47. The van der Waals surface area contributed by atoms with Gasteiger partial charge in [0, 0.05) is 24.2 Å². The summed E-state index contributed by atoms with van der Waals surface area (Å²) >= 11 is 0. The molecule has 2 aliphatic rings. The summed E-state index contributed by atoms with van der Waals surface area (Å²) < 4.78 is 27.7. The highest BCUT2D eigenvalue weighted by molar-refractivity contribution is 5.90. The highest BCUT2D eigenvalue weighted by Crippen LogP contribution is 2.45. The molecule has 1 saturated carbocycles. The third-order valence-electron chi connectivity index (χ3n) is 7.84. The first-order valence-electron chi connectivity index (χ1n) is 13.5. The second kappa shape index (κ2) is 10.7. The minimum Gasteiger partial charge on any atom is -0.512 e. The van der Waals surface area contributed by atoms with Crippen LogP contribution in [0.4, 0.5) is 4.39 Å². The van der Waals surface area contributed by atoms with Crippen molar-refractivity contribution >= 4 is 11.7 Å². The monoisotopic (exact) mass is 522 g/mol. The number of hydrogen-bond acceptors (Lipinski definition) is 7. The van der Waals surface area contributed by atoms with Crippen LogP contribution in [0.5, 0.6) is 5.75 Å². The molecule has 3 aromatic rings. The number of hydrogen-bond donors (Lipinski definition) is 1. The van der Waals surface area contributed by atoms with Gasteiger partial charge < -0.3 is 14.6 Å². The van der Waals surface area contributed by atoms with Crippen LogP contribution in [0.25, 0.3) is 5.78 Å².